The highest BCUT2D eigenvalue weighted by Crippen LogP contribution is 2.36. The van der Waals surface area contributed by atoms with Crippen molar-refractivity contribution in [2.75, 3.05) is 18.4 Å². The van der Waals surface area contributed by atoms with E-state index in [-0.39, 0.29) is 5.91 Å². The number of nitrogens with zero attached hydrogens (tertiary/aromatic N) is 3. The first-order valence-corrected chi connectivity index (χ1v) is 8.16. The Hall–Kier alpha value is -1.65. The van der Waals surface area contributed by atoms with E-state index in [1.807, 2.05) is 4.90 Å². The lowest BCUT2D eigenvalue weighted by atomic mass is 9.85. The van der Waals surface area contributed by atoms with E-state index in [2.05, 4.69) is 22.2 Å². The molecule has 3 rings (SSSR count). The fraction of sp³-hybridized carbons (Fsp3) is 0.688. The Morgan fingerprint density at radius 3 is 3.05 bits per heavy atom. The number of hydrogen-bond donors (Lipinski definition) is 1. The largest absolute Gasteiger partial charge is 0.369 e. The van der Waals surface area contributed by atoms with Gasteiger partial charge in [-0.05, 0) is 31.6 Å². The summed E-state index contributed by atoms with van der Waals surface area (Å²) in [7, 11) is 0. The van der Waals surface area contributed by atoms with Gasteiger partial charge >= 0.3 is 0 Å². The van der Waals surface area contributed by atoms with Gasteiger partial charge in [0.25, 0.3) is 5.91 Å². The van der Waals surface area contributed by atoms with Gasteiger partial charge in [-0.3, -0.25) is 9.78 Å². The average Bonchev–Trinajstić information content (AvgIpc) is 2.96. The maximum atomic E-state index is 12.7. The van der Waals surface area contributed by atoms with Crippen LogP contribution in [0.2, 0.25) is 0 Å². The van der Waals surface area contributed by atoms with Gasteiger partial charge in [-0.2, -0.15) is 0 Å². The summed E-state index contributed by atoms with van der Waals surface area (Å²) in [5.41, 5.74) is 0.474. The highest BCUT2D eigenvalue weighted by Gasteiger charge is 2.38. The van der Waals surface area contributed by atoms with E-state index < -0.39 is 0 Å². The number of likely N-dealkylation sites (tertiary alicyclic amines) is 1. The quantitative estimate of drug-likeness (QED) is 0.925. The van der Waals surface area contributed by atoms with Crippen LogP contribution in [-0.4, -0.2) is 39.9 Å². The van der Waals surface area contributed by atoms with Crippen LogP contribution in [0.3, 0.4) is 0 Å². The molecule has 1 N–H and O–H groups in total. The van der Waals surface area contributed by atoms with Crippen molar-refractivity contribution < 1.29 is 4.79 Å². The second-order valence-corrected chi connectivity index (χ2v) is 6.12. The molecule has 5 heteroatoms. The molecule has 1 saturated heterocycles. The Morgan fingerprint density at radius 2 is 2.19 bits per heavy atom. The highest BCUT2D eigenvalue weighted by atomic mass is 16.2. The normalized spacial score (nSPS) is 24.7. The van der Waals surface area contributed by atoms with Crippen molar-refractivity contribution in [3.05, 3.63) is 18.1 Å². The molecule has 1 aliphatic heterocycles. The van der Waals surface area contributed by atoms with Crippen LogP contribution in [0.1, 0.15) is 55.9 Å². The number of fused-ring (bicyclic) bond motifs is 1. The summed E-state index contributed by atoms with van der Waals surface area (Å²) >= 11 is 0. The molecular weight excluding hydrogens is 264 g/mol. The standard InChI is InChI=1S/C16H24N4O/c1-2-8-18-15-11-17-10-13(19-15)16(21)20-9-7-12-5-3-4-6-14(12)20/h10-12,14H,2-9H2,1H3,(H,18,19). The molecule has 1 aliphatic carbocycles. The molecule has 0 spiro atoms. The van der Waals surface area contributed by atoms with Crippen LogP contribution >= 0.6 is 0 Å². The second kappa shape index (κ2) is 6.41. The minimum Gasteiger partial charge on any atom is -0.369 e. The maximum absolute atomic E-state index is 12.7. The molecule has 2 unspecified atom stereocenters. The summed E-state index contributed by atoms with van der Waals surface area (Å²) in [6.45, 7) is 3.83. The van der Waals surface area contributed by atoms with Gasteiger partial charge in [-0.15, -0.1) is 0 Å². The number of rotatable bonds is 4. The highest BCUT2D eigenvalue weighted by molar-refractivity contribution is 5.92. The molecule has 1 aromatic heterocycles. The zero-order chi connectivity index (χ0) is 14.7. The zero-order valence-corrected chi connectivity index (χ0v) is 12.7. The minimum atomic E-state index is 0.0528. The third-order valence-corrected chi connectivity index (χ3v) is 4.68. The number of anilines is 1. The van der Waals surface area contributed by atoms with Gasteiger partial charge < -0.3 is 10.2 Å². The number of carbonyl (C=O) groups is 1. The van der Waals surface area contributed by atoms with Crippen LogP contribution in [0.25, 0.3) is 0 Å². The van der Waals surface area contributed by atoms with E-state index in [1.54, 1.807) is 12.4 Å². The summed E-state index contributed by atoms with van der Waals surface area (Å²) in [5, 5.41) is 3.19. The van der Waals surface area contributed by atoms with Crippen molar-refractivity contribution in [1.29, 1.82) is 0 Å². The fourth-order valence-corrected chi connectivity index (χ4v) is 3.61. The Bertz CT molecular complexity index is 505. The summed E-state index contributed by atoms with van der Waals surface area (Å²) in [6, 6.07) is 0.431. The van der Waals surface area contributed by atoms with E-state index in [9.17, 15) is 4.79 Å². The first-order valence-electron chi connectivity index (χ1n) is 8.16. The molecule has 21 heavy (non-hydrogen) atoms. The molecule has 114 valence electrons. The fourth-order valence-electron chi connectivity index (χ4n) is 3.61. The number of aromatic nitrogens is 2. The van der Waals surface area contributed by atoms with Crippen LogP contribution in [0.4, 0.5) is 5.82 Å². The lowest BCUT2D eigenvalue weighted by molar-refractivity contribution is 0.0684. The van der Waals surface area contributed by atoms with Crippen molar-refractivity contribution in [3.63, 3.8) is 0 Å². The predicted molar refractivity (Wildman–Crippen MR) is 82.2 cm³/mol. The zero-order valence-electron chi connectivity index (χ0n) is 12.7. The van der Waals surface area contributed by atoms with Crippen molar-refractivity contribution in [1.82, 2.24) is 14.9 Å². The molecule has 0 radical (unpaired) electrons. The van der Waals surface area contributed by atoms with E-state index in [0.29, 0.717) is 23.5 Å². The number of hydrogen-bond acceptors (Lipinski definition) is 4. The van der Waals surface area contributed by atoms with Crippen LogP contribution < -0.4 is 5.32 Å². The third-order valence-electron chi connectivity index (χ3n) is 4.68. The Morgan fingerprint density at radius 1 is 1.33 bits per heavy atom. The Labute approximate surface area is 126 Å². The molecule has 5 nitrogen and oxygen atoms in total. The van der Waals surface area contributed by atoms with E-state index >= 15 is 0 Å². The second-order valence-electron chi connectivity index (χ2n) is 6.12. The molecule has 0 aromatic carbocycles. The van der Waals surface area contributed by atoms with Gasteiger partial charge in [0.2, 0.25) is 0 Å². The molecule has 2 fully saturated rings. The third kappa shape index (κ3) is 3.01. The van der Waals surface area contributed by atoms with Crippen molar-refractivity contribution >= 4 is 11.7 Å². The van der Waals surface area contributed by atoms with E-state index in [4.69, 9.17) is 0 Å². The number of carbonyl (C=O) groups excluding carboxylic acids is 1. The van der Waals surface area contributed by atoms with E-state index in [1.165, 1.54) is 19.3 Å². The average molecular weight is 288 g/mol. The smallest absolute Gasteiger partial charge is 0.274 e. The summed E-state index contributed by atoms with van der Waals surface area (Å²) in [4.78, 5) is 23.4. The van der Waals surface area contributed by atoms with Crippen LogP contribution in [0.15, 0.2) is 12.4 Å². The van der Waals surface area contributed by atoms with Gasteiger partial charge in [0.15, 0.2) is 0 Å². The van der Waals surface area contributed by atoms with Gasteiger partial charge in [-0.25, -0.2) is 4.98 Å². The van der Waals surface area contributed by atoms with E-state index in [0.717, 1.165) is 32.4 Å². The number of amides is 1. The molecule has 2 atom stereocenters. The lowest BCUT2D eigenvalue weighted by Gasteiger charge is -2.31. The minimum absolute atomic E-state index is 0.0528. The number of nitrogens with one attached hydrogen (secondary N) is 1. The van der Waals surface area contributed by atoms with Gasteiger partial charge in [0, 0.05) is 19.1 Å². The SMILES string of the molecule is CCCNc1cncc(C(=O)N2CCC3CCCCC32)n1. The topological polar surface area (TPSA) is 58.1 Å². The Balaban J connectivity index is 1.72. The molecule has 0 bridgehead atoms. The van der Waals surface area contributed by atoms with Crippen LogP contribution in [0.5, 0.6) is 0 Å². The maximum Gasteiger partial charge on any atom is 0.274 e. The first-order chi connectivity index (χ1) is 10.3. The molecule has 1 amide bonds. The molecule has 1 saturated carbocycles. The summed E-state index contributed by atoms with van der Waals surface area (Å²) in [5.74, 6) is 1.45. The molecule has 1 aromatic rings. The molecule has 2 aliphatic rings. The molecular formula is C16H24N4O. The van der Waals surface area contributed by atoms with Crippen molar-refractivity contribution in [2.45, 2.75) is 51.5 Å². The monoisotopic (exact) mass is 288 g/mol. The van der Waals surface area contributed by atoms with Gasteiger partial charge in [0.1, 0.15) is 11.5 Å². The first kappa shape index (κ1) is 14.3. The predicted octanol–water partition coefficient (Wildman–Crippen LogP) is 2.70. The summed E-state index contributed by atoms with van der Waals surface area (Å²) < 4.78 is 0. The lowest BCUT2D eigenvalue weighted by Crippen LogP contribution is -2.39. The Kier molecular flexibility index (Phi) is 4.36. The molecule has 2 heterocycles. The van der Waals surface area contributed by atoms with Crippen molar-refractivity contribution in [2.24, 2.45) is 5.92 Å². The van der Waals surface area contributed by atoms with Crippen LogP contribution in [0, 0.1) is 5.92 Å². The summed E-state index contributed by atoms with van der Waals surface area (Å²) in [6.07, 6.45) is 10.4. The van der Waals surface area contributed by atoms with Gasteiger partial charge in [0.05, 0.1) is 12.4 Å². The van der Waals surface area contributed by atoms with Crippen molar-refractivity contribution in [3.8, 4) is 0 Å². The van der Waals surface area contributed by atoms with Crippen LogP contribution in [-0.2, 0) is 0 Å². The van der Waals surface area contributed by atoms with Gasteiger partial charge in [-0.1, -0.05) is 19.8 Å².